The first kappa shape index (κ1) is 26.4. The summed E-state index contributed by atoms with van der Waals surface area (Å²) in [6.45, 7) is 7.10. The third-order valence-electron chi connectivity index (χ3n) is 6.44. The highest BCUT2D eigenvalue weighted by molar-refractivity contribution is 6.32. The molecular formula is C25H33Cl2N3O4. The molecule has 0 bridgehead atoms. The number of likely N-dealkylation sites (tertiary alicyclic amines) is 1. The minimum absolute atomic E-state index is 0.268. The largest absolute Gasteiger partial charge is 0.495 e. The van der Waals surface area contributed by atoms with Gasteiger partial charge in [0.1, 0.15) is 5.75 Å². The van der Waals surface area contributed by atoms with Crippen molar-refractivity contribution in [3.8, 4) is 17.2 Å². The number of halogens is 2. The lowest BCUT2D eigenvalue weighted by molar-refractivity contribution is -0.118. The first-order valence-electron chi connectivity index (χ1n) is 11.2. The summed E-state index contributed by atoms with van der Waals surface area (Å²) in [6.07, 6.45) is 2.07. The summed E-state index contributed by atoms with van der Waals surface area (Å²) in [5.74, 6) is 1.13. The topological polar surface area (TPSA) is 101 Å². The van der Waals surface area contributed by atoms with Crippen LogP contribution in [0.5, 0.6) is 17.2 Å². The third-order valence-corrected chi connectivity index (χ3v) is 6.99. The number of rotatable bonds is 9. The van der Waals surface area contributed by atoms with Crippen molar-refractivity contribution >= 4 is 29.2 Å². The zero-order valence-electron chi connectivity index (χ0n) is 19.9. The van der Waals surface area contributed by atoms with Crippen molar-refractivity contribution in [2.45, 2.75) is 38.7 Å². The van der Waals surface area contributed by atoms with E-state index in [9.17, 15) is 5.11 Å². The summed E-state index contributed by atoms with van der Waals surface area (Å²) in [5, 5.41) is 19.9. The number of aliphatic hydroxyl groups is 1. The summed E-state index contributed by atoms with van der Waals surface area (Å²) in [5.41, 5.74) is 5.39. The van der Waals surface area contributed by atoms with Gasteiger partial charge in [-0.15, -0.1) is 0 Å². The van der Waals surface area contributed by atoms with Crippen molar-refractivity contribution in [3.05, 3.63) is 52.0 Å². The van der Waals surface area contributed by atoms with E-state index < -0.39 is 11.6 Å². The number of hydrogen-bond acceptors (Lipinski definition) is 6. The Kier molecular flexibility index (Phi) is 8.57. The first-order chi connectivity index (χ1) is 16.0. The van der Waals surface area contributed by atoms with Gasteiger partial charge in [0.25, 0.3) is 6.02 Å². The zero-order valence-corrected chi connectivity index (χ0v) is 21.4. The minimum atomic E-state index is -0.785. The number of hydrogen-bond donors (Lipinski definition) is 3. The maximum Gasteiger partial charge on any atom is 0.284 e. The Morgan fingerprint density at radius 3 is 2.47 bits per heavy atom. The average molecular weight is 510 g/mol. The molecule has 0 spiro atoms. The lowest BCUT2D eigenvalue weighted by Gasteiger charge is -2.50. The quantitative estimate of drug-likeness (QED) is 0.256. The highest BCUT2D eigenvalue weighted by Gasteiger charge is 2.47. The fourth-order valence-corrected chi connectivity index (χ4v) is 4.74. The van der Waals surface area contributed by atoms with Crippen LogP contribution in [0.1, 0.15) is 32.3 Å². The lowest BCUT2D eigenvalue weighted by atomic mass is 9.67. The van der Waals surface area contributed by atoms with Gasteiger partial charge >= 0.3 is 0 Å². The standard InChI is InChI=1S/C25H33Cl2N3O4/c1-24(2)16-30(11-9-25(24,31)15-17-5-7-18(26)8-6-17)10-4-12-33-21-14-20(32-3)19(27)13-22(21)34-23(28)29/h5-8,13-14,31H,4,9-12,15-16H2,1-3H3,(H3,28,29). The second kappa shape index (κ2) is 11.0. The van der Waals surface area contributed by atoms with Crippen molar-refractivity contribution in [3.63, 3.8) is 0 Å². The van der Waals surface area contributed by atoms with Gasteiger partial charge in [-0.25, -0.2) is 0 Å². The number of methoxy groups -OCH3 is 1. The van der Waals surface area contributed by atoms with Crippen LogP contribution in [0.15, 0.2) is 36.4 Å². The van der Waals surface area contributed by atoms with Crippen LogP contribution in [0.2, 0.25) is 10.0 Å². The highest BCUT2D eigenvalue weighted by Crippen LogP contribution is 2.41. The molecule has 2 aromatic rings. The molecule has 1 heterocycles. The average Bonchev–Trinajstić information content (AvgIpc) is 2.76. The number of nitrogens with two attached hydrogens (primary N) is 1. The molecule has 9 heteroatoms. The van der Waals surface area contributed by atoms with E-state index in [4.69, 9.17) is 48.6 Å². The van der Waals surface area contributed by atoms with Crippen LogP contribution in [0, 0.1) is 10.8 Å². The molecule has 3 rings (SSSR count). The zero-order chi connectivity index (χ0) is 24.9. The molecule has 0 amide bonds. The molecule has 0 aromatic heterocycles. The van der Waals surface area contributed by atoms with Gasteiger partial charge in [-0.05, 0) is 30.5 Å². The summed E-state index contributed by atoms with van der Waals surface area (Å²) < 4.78 is 16.4. The van der Waals surface area contributed by atoms with E-state index in [0.717, 1.165) is 31.6 Å². The number of nitrogens with zero attached hydrogens (tertiary/aromatic N) is 1. The van der Waals surface area contributed by atoms with Crippen LogP contribution in [-0.4, -0.2) is 55.0 Å². The summed E-state index contributed by atoms with van der Waals surface area (Å²) in [4.78, 5) is 2.36. The number of amidine groups is 1. The van der Waals surface area contributed by atoms with Gasteiger partial charge in [-0.2, -0.15) is 0 Å². The first-order valence-corrected chi connectivity index (χ1v) is 12.0. The molecule has 0 aliphatic carbocycles. The van der Waals surface area contributed by atoms with E-state index in [1.807, 2.05) is 24.3 Å². The Bertz CT molecular complexity index is 1000. The van der Waals surface area contributed by atoms with Gasteiger partial charge in [0.15, 0.2) is 11.5 Å². The monoisotopic (exact) mass is 509 g/mol. The normalized spacial score (nSPS) is 20.1. The van der Waals surface area contributed by atoms with Crippen molar-refractivity contribution in [2.24, 2.45) is 11.1 Å². The predicted octanol–water partition coefficient (Wildman–Crippen LogP) is 4.75. The molecule has 1 unspecified atom stereocenters. The van der Waals surface area contributed by atoms with Crippen LogP contribution in [0.4, 0.5) is 0 Å². The lowest BCUT2D eigenvalue weighted by Crippen LogP contribution is -2.58. The van der Waals surface area contributed by atoms with Crippen molar-refractivity contribution in [1.29, 1.82) is 5.41 Å². The van der Waals surface area contributed by atoms with E-state index in [0.29, 0.717) is 41.0 Å². The molecule has 186 valence electrons. The number of nitrogens with one attached hydrogen (secondary N) is 1. The van der Waals surface area contributed by atoms with E-state index in [-0.39, 0.29) is 11.2 Å². The van der Waals surface area contributed by atoms with Crippen LogP contribution >= 0.6 is 23.2 Å². The Labute approximate surface area is 211 Å². The molecule has 1 fully saturated rings. The molecule has 1 aliphatic rings. The third kappa shape index (κ3) is 6.48. The van der Waals surface area contributed by atoms with Gasteiger partial charge in [-0.3, -0.25) is 5.41 Å². The fourth-order valence-electron chi connectivity index (χ4n) is 4.38. The number of piperidine rings is 1. The Morgan fingerprint density at radius 2 is 1.85 bits per heavy atom. The second-order valence-corrected chi connectivity index (χ2v) is 10.2. The van der Waals surface area contributed by atoms with Gasteiger partial charge in [0.2, 0.25) is 0 Å². The van der Waals surface area contributed by atoms with E-state index in [1.165, 1.54) is 13.2 Å². The summed E-state index contributed by atoms with van der Waals surface area (Å²) >= 11 is 12.2. The SMILES string of the molecule is COc1cc(OCCCN2CCC(O)(Cc3ccc(Cl)cc3)C(C)(C)C2)c(OC(=N)N)cc1Cl. The van der Waals surface area contributed by atoms with Crippen LogP contribution < -0.4 is 19.9 Å². The fraction of sp³-hybridized carbons (Fsp3) is 0.480. The second-order valence-electron chi connectivity index (χ2n) is 9.35. The summed E-state index contributed by atoms with van der Waals surface area (Å²) in [7, 11) is 1.52. The van der Waals surface area contributed by atoms with Gasteiger partial charge in [-0.1, -0.05) is 49.2 Å². The van der Waals surface area contributed by atoms with Crippen LogP contribution in [-0.2, 0) is 6.42 Å². The van der Waals surface area contributed by atoms with E-state index in [2.05, 4.69) is 18.7 Å². The Hall–Kier alpha value is -2.19. The van der Waals surface area contributed by atoms with Crippen molar-refractivity contribution in [1.82, 2.24) is 4.90 Å². The Morgan fingerprint density at radius 1 is 1.15 bits per heavy atom. The molecule has 4 N–H and O–H groups in total. The maximum absolute atomic E-state index is 11.5. The van der Waals surface area contributed by atoms with E-state index >= 15 is 0 Å². The van der Waals surface area contributed by atoms with Crippen LogP contribution in [0.3, 0.4) is 0 Å². The molecule has 34 heavy (non-hydrogen) atoms. The predicted molar refractivity (Wildman–Crippen MR) is 136 cm³/mol. The molecule has 1 atom stereocenters. The molecular weight excluding hydrogens is 477 g/mol. The number of benzene rings is 2. The van der Waals surface area contributed by atoms with Crippen molar-refractivity contribution in [2.75, 3.05) is 33.4 Å². The van der Waals surface area contributed by atoms with Crippen LogP contribution in [0.25, 0.3) is 0 Å². The Balaban J connectivity index is 1.55. The highest BCUT2D eigenvalue weighted by atomic mass is 35.5. The molecule has 7 nitrogen and oxygen atoms in total. The minimum Gasteiger partial charge on any atom is -0.495 e. The van der Waals surface area contributed by atoms with Crippen molar-refractivity contribution < 1.29 is 19.3 Å². The molecule has 0 saturated carbocycles. The molecule has 1 saturated heterocycles. The smallest absolute Gasteiger partial charge is 0.284 e. The number of ether oxygens (including phenoxy) is 3. The maximum atomic E-state index is 11.5. The molecule has 1 aliphatic heterocycles. The van der Waals surface area contributed by atoms with E-state index in [1.54, 1.807) is 6.07 Å². The van der Waals surface area contributed by atoms with Gasteiger partial charge < -0.3 is 30.0 Å². The van der Waals surface area contributed by atoms with Gasteiger partial charge in [0, 0.05) is 48.6 Å². The summed E-state index contributed by atoms with van der Waals surface area (Å²) in [6, 6.07) is 10.4. The molecule has 2 aromatic carbocycles. The van der Waals surface area contributed by atoms with Gasteiger partial charge in [0.05, 0.1) is 24.3 Å². The molecule has 0 radical (unpaired) electrons.